The maximum atomic E-state index is 13.9. The molecule has 0 aliphatic heterocycles. The summed E-state index contributed by atoms with van der Waals surface area (Å²) in [6.45, 7) is 0. The van der Waals surface area contributed by atoms with Gasteiger partial charge in [0.25, 0.3) is 0 Å². The van der Waals surface area contributed by atoms with Crippen molar-refractivity contribution in [2.45, 2.75) is 12.8 Å². The normalized spacial score (nSPS) is 11.5. The Kier molecular flexibility index (Phi) is 7.51. The molecule has 1 heterocycles. The van der Waals surface area contributed by atoms with Gasteiger partial charge in [0.05, 0.1) is 12.8 Å². The van der Waals surface area contributed by atoms with Crippen LogP contribution in [0, 0.1) is 0 Å². The lowest BCUT2D eigenvalue weighted by atomic mass is 9.91. The van der Waals surface area contributed by atoms with Crippen molar-refractivity contribution in [3.8, 4) is 0 Å². The summed E-state index contributed by atoms with van der Waals surface area (Å²) in [5.74, 6) is 0.976. The molecule has 9 rings (SSSR count). The number of ketones is 2. The predicted octanol–water partition coefficient (Wildman–Crippen LogP) is 10.3. The van der Waals surface area contributed by atoms with E-state index in [-0.39, 0.29) is 11.6 Å². The van der Waals surface area contributed by atoms with Crippen molar-refractivity contribution in [2.24, 2.45) is 0 Å². The van der Waals surface area contributed by atoms with Crippen molar-refractivity contribution < 1.29 is 14.0 Å². The smallest absolute Gasteiger partial charge is 0.220 e. The van der Waals surface area contributed by atoms with E-state index in [0.29, 0.717) is 46.9 Å². The Hall–Kier alpha value is -6.72. The third kappa shape index (κ3) is 5.45. The minimum absolute atomic E-state index is 0.00769. The van der Waals surface area contributed by atoms with Gasteiger partial charge >= 0.3 is 0 Å². The maximum absolute atomic E-state index is 13.9. The molecule has 242 valence electrons. The topological polar surface area (TPSA) is 73.1 Å². The molecule has 0 N–H and O–H groups in total. The lowest BCUT2D eigenvalue weighted by Crippen LogP contribution is -2.04. The number of aromatic nitrogens is 2. The van der Waals surface area contributed by atoms with Gasteiger partial charge in [0.2, 0.25) is 11.8 Å². The SMILES string of the molecule is O=C(c1cccc2ccccc12)c1ccc(Cc2nnc(Cc3ccc(C(=O)c4cccc5ccccc45)c4ccccc34)o2)c2ccccc12. The second kappa shape index (κ2) is 12.6. The van der Waals surface area contributed by atoms with Gasteiger partial charge in [0.15, 0.2) is 11.6 Å². The van der Waals surface area contributed by atoms with Gasteiger partial charge in [0, 0.05) is 22.3 Å². The summed E-state index contributed by atoms with van der Waals surface area (Å²) < 4.78 is 6.22. The molecule has 5 heteroatoms. The molecule has 0 bridgehead atoms. The Morgan fingerprint density at radius 3 is 1.18 bits per heavy atom. The number of fused-ring (bicyclic) bond motifs is 4. The van der Waals surface area contributed by atoms with E-state index in [1.165, 1.54) is 0 Å². The summed E-state index contributed by atoms with van der Waals surface area (Å²) in [6.07, 6.45) is 0.852. The number of rotatable bonds is 8. The van der Waals surface area contributed by atoms with Gasteiger partial charge in [0.1, 0.15) is 0 Å². The molecule has 0 unspecified atom stereocenters. The summed E-state index contributed by atoms with van der Waals surface area (Å²) in [7, 11) is 0. The van der Waals surface area contributed by atoms with Gasteiger partial charge in [-0.1, -0.05) is 158 Å². The van der Waals surface area contributed by atoms with Gasteiger partial charge in [-0.05, 0) is 54.2 Å². The molecule has 0 fully saturated rings. The van der Waals surface area contributed by atoms with Crippen LogP contribution >= 0.6 is 0 Å². The van der Waals surface area contributed by atoms with E-state index in [9.17, 15) is 9.59 Å². The van der Waals surface area contributed by atoms with Gasteiger partial charge in [-0.3, -0.25) is 9.59 Å². The quantitative estimate of drug-likeness (QED) is 0.152. The number of benzene rings is 8. The molecule has 0 aliphatic carbocycles. The first-order valence-corrected chi connectivity index (χ1v) is 17.0. The first kappa shape index (κ1) is 30.3. The fraction of sp³-hybridized carbons (Fsp3) is 0.0435. The molecule has 5 nitrogen and oxygen atoms in total. The Bertz CT molecular complexity index is 2610. The highest BCUT2D eigenvalue weighted by Gasteiger charge is 2.20. The monoisotopic (exact) mass is 658 g/mol. The molecule has 0 radical (unpaired) electrons. The summed E-state index contributed by atoms with van der Waals surface area (Å²) in [4.78, 5) is 27.9. The van der Waals surface area contributed by atoms with Gasteiger partial charge < -0.3 is 4.42 Å². The third-order valence-corrected chi connectivity index (χ3v) is 9.78. The van der Waals surface area contributed by atoms with E-state index in [2.05, 4.69) is 10.2 Å². The number of hydrogen-bond acceptors (Lipinski definition) is 5. The van der Waals surface area contributed by atoms with Gasteiger partial charge in [-0.15, -0.1) is 10.2 Å². The average molecular weight is 659 g/mol. The molecular weight excluding hydrogens is 629 g/mol. The number of nitrogens with zero attached hydrogens (tertiary/aromatic N) is 2. The number of carbonyl (C=O) groups is 2. The van der Waals surface area contributed by atoms with Crippen molar-refractivity contribution in [1.82, 2.24) is 10.2 Å². The van der Waals surface area contributed by atoms with Gasteiger partial charge in [-0.2, -0.15) is 0 Å². The molecule has 51 heavy (non-hydrogen) atoms. The van der Waals surface area contributed by atoms with Crippen molar-refractivity contribution >= 4 is 54.7 Å². The van der Waals surface area contributed by atoms with E-state index in [1.807, 2.05) is 158 Å². The van der Waals surface area contributed by atoms with E-state index >= 15 is 0 Å². The van der Waals surface area contributed by atoms with Crippen LogP contribution in [-0.2, 0) is 12.8 Å². The highest BCUT2D eigenvalue weighted by atomic mass is 16.4. The molecule has 0 saturated carbocycles. The summed E-state index contributed by atoms with van der Waals surface area (Å²) in [5.41, 5.74) is 4.68. The Balaban J connectivity index is 1.00. The average Bonchev–Trinajstić information content (AvgIpc) is 3.63. The summed E-state index contributed by atoms with van der Waals surface area (Å²) in [5, 5.41) is 16.5. The molecule has 9 aromatic rings. The van der Waals surface area contributed by atoms with E-state index in [4.69, 9.17) is 4.42 Å². The fourth-order valence-electron chi connectivity index (χ4n) is 7.32. The fourth-order valence-corrected chi connectivity index (χ4v) is 7.32. The Morgan fingerprint density at radius 1 is 0.373 bits per heavy atom. The van der Waals surface area contributed by atoms with Crippen LogP contribution in [0.4, 0.5) is 0 Å². The largest absolute Gasteiger partial charge is 0.425 e. The third-order valence-electron chi connectivity index (χ3n) is 9.78. The molecule has 0 atom stereocenters. The van der Waals surface area contributed by atoms with Crippen LogP contribution in [-0.4, -0.2) is 21.8 Å². The number of hydrogen-bond donors (Lipinski definition) is 0. The molecule has 0 amide bonds. The first-order valence-electron chi connectivity index (χ1n) is 17.0. The summed E-state index contributed by atoms with van der Waals surface area (Å²) in [6, 6.07) is 51.4. The highest BCUT2D eigenvalue weighted by Crippen LogP contribution is 2.31. The zero-order chi connectivity index (χ0) is 34.3. The minimum atomic E-state index is -0.00769. The Morgan fingerprint density at radius 2 is 0.725 bits per heavy atom. The van der Waals surface area contributed by atoms with E-state index in [0.717, 1.165) is 54.2 Å². The van der Waals surface area contributed by atoms with Crippen LogP contribution in [0.2, 0.25) is 0 Å². The zero-order valence-corrected chi connectivity index (χ0v) is 27.5. The minimum Gasteiger partial charge on any atom is -0.425 e. The number of carbonyl (C=O) groups excluding carboxylic acids is 2. The summed E-state index contributed by atoms with van der Waals surface area (Å²) >= 11 is 0. The van der Waals surface area contributed by atoms with E-state index in [1.54, 1.807) is 0 Å². The molecule has 1 aromatic heterocycles. The standard InChI is InChI=1S/C46H30N2O3/c49-45(39-21-9-13-29-11-1-3-15-33(29)39)41-25-23-31(35-17-5-7-19-37(35)41)27-43-47-48-44(51-43)28-32-24-26-42(38-20-8-6-18-36(32)38)46(50)40-22-10-14-30-12-2-4-16-34(30)40/h1-26H,27-28H2. The van der Waals surface area contributed by atoms with Crippen LogP contribution < -0.4 is 0 Å². The molecular formula is C46H30N2O3. The second-order valence-electron chi connectivity index (χ2n) is 12.8. The molecule has 0 aliphatic rings. The van der Waals surface area contributed by atoms with Crippen molar-refractivity contribution in [1.29, 1.82) is 0 Å². The molecule has 0 saturated heterocycles. The van der Waals surface area contributed by atoms with Crippen LogP contribution in [0.5, 0.6) is 0 Å². The maximum Gasteiger partial charge on any atom is 0.220 e. The van der Waals surface area contributed by atoms with Crippen molar-refractivity contribution in [2.75, 3.05) is 0 Å². The van der Waals surface area contributed by atoms with Crippen LogP contribution in [0.1, 0.15) is 54.8 Å². The van der Waals surface area contributed by atoms with Crippen LogP contribution in [0.25, 0.3) is 43.1 Å². The van der Waals surface area contributed by atoms with Gasteiger partial charge in [-0.25, -0.2) is 0 Å². The zero-order valence-electron chi connectivity index (χ0n) is 27.5. The van der Waals surface area contributed by atoms with Crippen LogP contribution in [0.3, 0.4) is 0 Å². The molecule has 8 aromatic carbocycles. The predicted molar refractivity (Wildman–Crippen MR) is 203 cm³/mol. The first-order chi connectivity index (χ1) is 25.1. The second-order valence-corrected chi connectivity index (χ2v) is 12.8. The van der Waals surface area contributed by atoms with Crippen molar-refractivity contribution in [3.05, 3.63) is 203 Å². The van der Waals surface area contributed by atoms with Crippen LogP contribution in [0.15, 0.2) is 162 Å². The lowest BCUT2D eigenvalue weighted by molar-refractivity contribution is 0.103. The van der Waals surface area contributed by atoms with E-state index < -0.39 is 0 Å². The molecule has 0 spiro atoms. The Labute approximate surface area is 293 Å². The van der Waals surface area contributed by atoms with Crippen molar-refractivity contribution in [3.63, 3.8) is 0 Å². The highest BCUT2D eigenvalue weighted by molar-refractivity contribution is 6.22. The lowest BCUT2D eigenvalue weighted by Gasteiger charge is -2.12.